The smallest absolute Gasteiger partial charge is 0.138 e. The number of benzene rings is 2. The zero-order chi connectivity index (χ0) is 28.6. The summed E-state index contributed by atoms with van der Waals surface area (Å²) in [5.74, 6) is 3.76. The Morgan fingerprint density at radius 2 is 1.78 bits per heavy atom. The van der Waals surface area contributed by atoms with Gasteiger partial charge in [0.25, 0.3) is 0 Å². The highest BCUT2D eigenvalue weighted by Crippen LogP contribution is 2.25. The van der Waals surface area contributed by atoms with E-state index in [1.807, 2.05) is 13.0 Å². The van der Waals surface area contributed by atoms with E-state index in [9.17, 15) is 10.2 Å². The number of aromatic nitrogens is 3. The minimum Gasteiger partial charge on any atom is -0.506 e. The fourth-order valence-corrected chi connectivity index (χ4v) is 6.53. The second-order valence-electron chi connectivity index (χ2n) is 11.1. The van der Waals surface area contributed by atoms with Crippen molar-refractivity contribution in [1.82, 2.24) is 19.4 Å². The first-order valence-electron chi connectivity index (χ1n) is 14.9. The molecule has 1 aliphatic heterocycles. The highest BCUT2D eigenvalue weighted by molar-refractivity contribution is 7.99. The van der Waals surface area contributed by atoms with E-state index < -0.39 is 0 Å². The molecule has 1 saturated heterocycles. The van der Waals surface area contributed by atoms with Crippen molar-refractivity contribution in [1.29, 1.82) is 0 Å². The van der Waals surface area contributed by atoms with Crippen LogP contribution in [-0.4, -0.2) is 67.4 Å². The average Bonchev–Trinajstić information content (AvgIpc) is 3.32. The number of rotatable bonds is 13. The van der Waals surface area contributed by atoms with E-state index in [0.29, 0.717) is 18.8 Å². The van der Waals surface area contributed by atoms with Gasteiger partial charge in [0.2, 0.25) is 0 Å². The minimum atomic E-state index is 0.194. The van der Waals surface area contributed by atoms with E-state index in [-0.39, 0.29) is 12.4 Å². The number of hydrogen-bond donors (Lipinski definition) is 3. The quantitative estimate of drug-likeness (QED) is 0.177. The SMILES string of the molecule is Cc1ccc(CCCO)c(NCc2ccc3nc(CCCCN4CCSCC4)n(Cc4nc(C)ccc4O)c3c2)c1. The number of aliphatic hydroxyl groups is 1. The van der Waals surface area contributed by atoms with Crippen molar-refractivity contribution in [2.75, 3.05) is 43.1 Å². The van der Waals surface area contributed by atoms with Crippen LogP contribution in [0, 0.1) is 13.8 Å². The van der Waals surface area contributed by atoms with Crippen LogP contribution < -0.4 is 5.32 Å². The molecule has 3 N–H and O–H groups in total. The molecule has 0 amide bonds. The van der Waals surface area contributed by atoms with Crippen LogP contribution in [0.15, 0.2) is 48.5 Å². The van der Waals surface area contributed by atoms with Gasteiger partial charge in [0.1, 0.15) is 17.3 Å². The highest BCUT2D eigenvalue weighted by atomic mass is 32.2. The van der Waals surface area contributed by atoms with Crippen LogP contribution in [0.25, 0.3) is 11.0 Å². The Balaban J connectivity index is 1.37. The summed E-state index contributed by atoms with van der Waals surface area (Å²) in [6.07, 6.45) is 4.74. The summed E-state index contributed by atoms with van der Waals surface area (Å²) in [4.78, 5) is 12.3. The van der Waals surface area contributed by atoms with E-state index in [1.54, 1.807) is 6.07 Å². The van der Waals surface area contributed by atoms with Crippen LogP contribution in [-0.2, 0) is 25.9 Å². The zero-order valence-corrected chi connectivity index (χ0v) is 25.2. The lowest BCUT2D eigenvalue weighted by Crippen LogP contribution is -2.33. The Labute approximate surface area is 248 Å². The lowest BCUT2D eigenvalue weighted by Gasteiger charge is -2.25. The largest absolute Gasteiger partial charge is 0.506 e. The van der Waals surface area contributed by atoms with Crippen LogP contribution in [0.2, 0.25) is 0 Å². The molecule has 5 rings (SSSR count). The molecular formula is C33H43N5O2S. The van der Waals surface area contributed by atoms with Gasteiger partial charge in [-0.15, -0.1) is 0 Å². The van der Waals surface area contributed by atoms with Crippen molar-refractivity contribution in [3.8, 4) is 5.75 Å². The fourth-order valence-electron chi connectivity index (χ4n) is 5.55. The molecule has 0 aliphatic carbocycles. The number of thioether (sulfide) groups is 1. The van der Waals surface area contributed by atoms with Crippen LogP contribution >= 0.6 is 11.8 Å². The molecule has 8 heteroatoms. The first-order chi connectivity index (χ1) is 20.0. The maximum absolute atomic E-state index is 10.6. The summed E-state index contributed by atoms with van der Waals surface area (Å²) in [6, 6.07) is 16.5. The third kappa shape index (κ3) is 7.82. The lowest BCUT2D eigenvalue weighted by molar-refractivity contribution is 0.288. The third-order valence-corrected chi connectivity index (χ3v) is 8.81. The van der Waals surface area contributed by atoms with E-state index in [2.05, 4.69) is 74.9 Å². The molecule has 2 aromatic carbocycles. The predicted octanol–water partition coefficient (Wildman–Crippen LogP) is 5.71. The summed E-state index contributed by atoms with van der Waals surface area (Å²) in [7, 11) is 0. The lowest BCUT2D eigenvalue weighted by atomic mass is 10.0. The number of nitrogens with zero attached hydrogens (tertiary/aromatic N) is 4. The number of unbranched alkanes of at least 4 members (excludes halogenated alkanes) is 1. The number of pyridine rings is 1. The van der Waals surface area contributed by atoms with Gasteiger partial charge in [0.05, 0.1) is 17.6 Å². The number of aliphatic hydroxyl groups excluding tert-OH is 1. The molecule has 4 aromatic rings. The zero-order valence-electron chi connectivity index (χ0n) is 24.4. The highest BCUT2D eigenvalue weighted by Gasteiger charge is 2.16. The molecule has 0 spiro atoms. The Kier molecular flexibility index (Phi) is 10.2. The van der Waals surface area contributed by atoms with Crippen molar-refractivity contribution in [3.05, 3.63) is 82.4 Å². The molecule has 2 aromatic heterocycles. The van der Waals surface area contributed by atoms with Gasteiger partial charge in [-0.05, 0) is 93.1 Å². The molecule has 0 saturated carbocycles. The second-order valence-corrected chi connectivity index (χ2v) is 12.3. The Morgan fingerprint density at radius 1 is 0.927 bits per heavy atom. The van der Waals surface area contributed by atoms with Gasteiger partial charge in [0.15, 0.2) is 0 Å². The van der Waals surface area contributed by atoms with Crippen molar-refractivity contribution in [2.24, 2.45) is 0 Å². The number of aryl methyl sites for hydroxylation is 4. The number of imidazole rings is 1. The van der Waals surface area contributed by atoms with Crippen LogP contribution in [0.5, 0.6) is 5.75 Å². The molecule has 1 fully saturated rings. The summed E-state index contributed by atoms with van der Waals surface area (Å²) < 4.78 is 2.25. The molecule has 41 heavy (non-hydrogen) atoms. The number of hydrogen-bond acceptors (Lipinski definition) is 7. The van der Waals surface area contributed by atoms with Crippen molar-refractivity contribution < 1.29 is 10.2 Å². The molecule has 218 valence electrons. The third-order valence-electron chi connectivity index (χ3n) is 7.87. The van der Waals surface area contributed by atoms with Gasteiger partial charge in [-0.2, -0.15) is 11.8 Å². The van der Waals surface area contributed by atoms with Gasteiger partial charge in [-0.1, -0.05) is 18.2 Å². The average molecular weight is 574 g/mol. The first-order valence-corrected chi connectivity index (χ1v) is 16.0. The first kappa shape index (κ1) is 29.4. The van der Waals surface area contributed by atoms with Crippen molar-refractivity contribution >= 4 is 28.5 Å². The summed E-state index contributed by atoms with van der Waals surface area (Å²) in [5, 5.41) is 23.6. The Hall–Kier alpha value is -3.07. The van der Waals surface area contributed by atoms with Gasteiger partial charge in [-0.25, -0.2) is 4.98 Å². The van der Waals surface area contributed by atoms with E-state index in [1.165, 1.54) is 41.3 Å². The maximum Gasteiger partial charge on any atom is 0.138 e. The summed E-state index contributed by atoms with van der Waals surface area (Å²) >= 11 is 2.05. The molecule has 0 radical (unpaired) electrons. The molecule has 3 heterocycles. The normalized spacial score (nSPS) is 14.1. The number of fused-ring (bicyclic) bond motifs is 1. The summed E-state index contributed by atoms with van der Waals surface area (Å²) in [6.45, 7) is 8.98. The van der Waals surface area contributed by atoms with Crippen LogP contribution in [0.4, 0.5) is 5.69 Å². The van der Waals surface area contributed by atoms with Gasteiger partial charge >= 0.3 is 0 Å². The molecule has 0 atom stereocenters. The van der Waals surface area contributed by atoms with Crippen molar-refractivity contribution in [2.45, 2.75) is 59.0 Å². The topological polar surface area (TPSA) is 86.4 Å². The number of anilines is 1. The Bertz CT molecular complexity index is 1450. The van der Waals surface area contributed by atoms with E-state index >= 15 is 0 Å². The molecule has 7 nitrogen and oxygen atoms in total. The van der Waals surface area contributed by atoms with Gasteiger partial charge < -0.3 is 25.0 Å². The molecule has 0 unspecified atom stereocenters. The van der Waals surface area contributed by atoms with E-state index in [4.69, 9.17) is 4.98 Å². The molecular weight excluding hydrogens is 530 g/mol. The fraction of sp³-hybridized carbons (Fsp3) is 0.455. The van der Waals surface area contributed by atoms with Crippen LogP contribution in [0.1, 0.15) is 53.2 Å². The Morgan fingerprint density at radius 3 is 2.61 bits per heavy atom. The standard InChI is InChI=1S/C33H43N5O2S/c1-24-8-11-27(6-5-17-39)29(20-24)34-22-26-10-12-28-31(21-26)38(23-30-32(40)13-9-25(2)35-30)33(36-28)7-3-4-14-37-15-18-41-19-16-37/h8-13,20-21,34,39-40H,3-7,14-19,22-23H2,1-2H3. The van der Waals surface area contributed by atoms with Crippen LogP contribution in [0.3, 0.4) is 0 Å². The predicted molar refractivity (Wildman–Crippen MR) is 170 cm³/mol. The summed E-state index contributed by atoms with van der Waals surface area (Å²) in [5.41, 5.74) is 8.34. The minimum absolute atomic E-state index is 0.194. The second kappa shape index (κ2) is 14.2. The van der Waals surface area contributed by atoms with Gasteiger partial charge in [-0.3, -0.25) is 4.98 Å². The monoisotopic (exact) mass is 573 g/mol. The number of aromatic hydroxyl groups is 1. The van der Waals surface area contributed by atoms with E-state index in [0.717, 1.165) is 66.9 Å². The number of nitrogens with one attached hydrogen (secondary N) is 1. The maximum atomic E-state index is 10.6. The molecule has 1 aliphatic rings. The van der Waals surface area contributed by atoms with Gasteiger partial charge in [0, 0.05) is 55.5 Å². The van der Waals surface area contributed by atoms with Crippen molar-refractivity contribution in [3.63, 3.8) is 0 Å². The molecule has 0 bridgehead atoms.